The van der Waals surface area contributed by atoms with E-state index in [0.29, 0.717) is 0 Å². The summed E-state index contributed by atoms with van der Waals surface area (Å²) in [7, 11) is 0. The number of ether oxygens (including phenoxy) is 2. The minimum atomic E-state index is -1.05. The van der Waals surface area contributed by atoms with Crippen molar-refractivity contribution in [3.8, 4) is 11.1 Å². The average molecular weight is 437 g/mol. The van der Waals surface area contributed by atoms with Gasteiger partial charge >= 0.3 is 11.9 Å². The zero-order chi connectivity index (χ0) is 23.0. The van der Waals surface area contributed by atoms with Crippen molar-refractivity contribution in [2.45, 2.75) is 38.7 Å². The monoisotopic (exact) mass is 436 g/mol. The summed E-state index contributed by atoms with van der Waals surface area (Å²) >= 11 is 0. The Labute approximate surface area is 187 Å². The molecule has 0 saturated carbocycles. The number of aliphatic carboxylic acids is 1. The molecule has 4 rings (SSSR count). The van der Waals surface area contributed by atoms with Crippen LogP contribution in [0.3, 0.4) is 0 Å². The molecule has 0 radical (unpaired) electrons. The molecule has 0 amide bonds. The van der Waals surface area contributed by atoms with Gasteiger partial charge in [0.1, 0.15) is 12.4 Å². The number of carboxylic acids is 1. The second kappa shape index (κ2) is 8.51. The molecular formula is C26H28O6. The third-order valence-electron chi connectivity index (χ3n) is 6.74. The molecule has 0 aromatic heterocycles. The van der Waals surface area contributed by atoms with Crippen molar-refractivity contribution in [2.24, 2.45) is 17.8 Å². The molecule has 2 aliphatic rings. The lowest BCUT2D eigenvalue weighted by Gasteiger charge is -2.28. The molecule has 1 saturated heterocycles. The first-order chi connectivity index (χ1) is 15.2. The Kier molecular flexibility index (Phi) is 5.91. The summed E-state index contributed by atoms with van der Waals surface area (Å²) in [4.78, 5) is 37.2. The first-order valence-electron chi connectivity index (χ1n) is 10.9. The van der Waals surface area contributed by atoms with Crippen molar-refractivity contribution >= 4 is 17.7 Å². The average Bonchev–Trinajstić information content (AvgIpc) is 3.25. The number of carbonyl (C=O) groups excluding carboxylic acids is 2. The molecule has 1 fully saturated rings. The number of carboxylic acid groups (broad SMARTS) is 1. The summed E-state index contributed by atoms with van der Waals surface area (Å²) < 4.78 is 11.2. The van der Waals surface area contributed by atoms with Crippen LogP contribution in [0.2, 0.25) is 0 Å². The molecule has 0 spiro atoms. The first-order valence-corrected chi connectivity index (χ1v) is 10.9. The zero-order valence-electron chi connectivity index (χ0n) is 18.5. The third-order valence-corrected chi connectivity index (χ3v) is 6.74. The van der Waals surface area contributed by atoms with E-state index in [4.69, 9.17) is 9.47 Å². The maximum Gasteiger partial charge on any atom is 0.309 e. The van der Waals surface area contributed by atoms with Gasteiger partial charge in [-0.15, -0.1) is 0 Å². The Morgan fingerprint density at radius 3 is 2.19 bits per heavy atom. The van der Waals surface area contributed by atoms with E-state index in [-0.39, 0.29) is 31.3 Å². The summed E-state index contributed by atoms with van der Waals surface area (Å²) in [6, 6.07) is 16.2. The predicted molar refractivity (Wildman–Crippen MR) is 118 cm³/mol. The highest BCUT2D eigenvalue weighted by Crippen LogP contribution is 2.44. The van der Waals surface area contributed by atoms with E-state index in [1.807, 2.05) is 36.4 Å². The summed E-state index contributed by atoms with van der Waals surface area (Å²) in [6.07, 6.45) is -0.0895. The molecule has 3 atom stereocenters. The van der Waals surface area contributed by atoms with Crippen LogP contribution in [0.15, 0.2) is 48.5 Å². The second-order valence-corrected chi connectivity index (χ2v) is 9.25. The predicted octanol–water partition coefficient (Wildman–Crippen LogP) is 4.06. The van der Waals surface area contributed by atoms with Crippen LogP contribution in [0.25, 0.3) is 11.1 Å². The maximum atomic E-state index is 13.0. The Balaban J connectivity index is 1.41. The number of hydrogen-bond acceptors (Lipinski definition) is 5. The van der Waals surface area contributed by atoms with Gasteiger partial charge in [0.15, 0.2) is 0 Å². The lowest BCUT2D eigenvalue weighted by atomic mass is 9.76. The highest BCUT2D eigenvalue weighted by Gasteiger charge is 2.51. The van der Waals surface area contributed by atoms with Crippen LogP contribution >= 0.6 is 0 Å². The number of benzene rings is 2. The first kappa shape index (κ1) is 22.2. The van der Waals surface area contributed by atoms with Crippen molar-refractivity contribution in [1.29, 1.82) is 0 Å². The van der Waals surface area contributed by atoms with Gasteiger partial charge < -0.3 is 14.6 Å². The fourth-order valence-electron chi connectivity index (χ4n) is 5.06. The van der Waals surface area contributed by atoms with Crippen molar-refractivity contribution in [2.75, 3.05) is 13.2 Å². The molecule has 1 unspecified atom stereocenters. The topological polar surface area (TPSA) is 89.9 Å². The third kappa shape index (κ3) is 3.95. The quantitative estimate of drug-likeness (QED) is 0.659. The van der Waals surface area contributed by atoms with Crippen LogP contribution < -0.4 is 0 Å². The van der Waals surface area contributed by atoms with E-state index in [0.717, 1.165) is 22.3 Å². The maximum absolute atomic E-state index is 13.0. The number of esters is 1. The number of rotatable bonds is 7. The van der Waals surface area contributed by atoms with Crippen LogP contribution in [-0.4, -0.2) is 41.6 Å². The van der Waals surface area contributed by atoms with E-state index >= 15 is 0 Å². The van der Waals surface area contributed by atoms with Gasteiger partial charge in [-0.1, -0.05) is 55.5 Å². The van der Waals surface area contributed by atoms with Crippen LogP contribution in [0, 0.1) is 17.8 Å². The standard InChI is InChI=1S/C26H28O6/c1-15(24(28)23-21(25(29)30)14-32-26(23,2)3)12-22(27)31-13-20-18-10-6-4-8-16(18)17-9-5-7-11-19(17)20/h4-11,15,20-21,23H,12-14H2,1-3H3,(H,29,30)/t15-,21-,23?/m1/s1. The van der Waals surface area contributed by atoms with Gasteiger partial charge in [-0.25, -0.2) is 0 Å². The molecular weight excluding hydrogens is 408 g/mol. The van der Waals surface area contributed by atoms with Crippen molar-refractivity contribution in [3.05, 3.63) is 59.7 Å². The molecule has 1 aliphatic carbocycles. The minimum Gasteiger partial charge on any atom is -0.481 e. The van der Waals surface area contributed by atoms with Crippen molar-refractivity contribution in [1.82, 2.24) is 0 Å². The molecule has 6 nitrogen and oxygen atoms in total. The molecule has 1 N–H and O–H groups in total. The number of fused-ring (bicyclic) bond motifs is 3. The van der Waals surface area contributed by atoms with E-state index in [9.17, 15) is 19.5 Å². The molecule has 6 heteroatoms. The normalized spacial score (nSPS) is 22.1. The van der Waals surface area contributed by atoms with Gasteiger partial charge in [0.05, 0.1) is 30.5 Å². The van der Waals surface area contributed by atoms with Crippen LogP contribution in [-0.2, 0) is 23.9 Å². The van der Waals surface area contributed by atoms with Gasteiger partial charge in [-0.3, -0.25) is 14.4 Å². The summed E-state index contributed by atoms with van der Waals surface area (Å²) in [5, 5.41) is 9.47. The number of hydrogen-bond donors (Lipinski definition) is 1. The smallest absolute Gasteiger partial charge is 0.309 e. The van der Waals surface area contributed by atoms with Gasteiger partial charge in [0.25, 0.3) is 0 Å². The SMILES string of the molecule is C[C@H](CC(=O)OCC1c2ccccc2-c2ccccc21)C(=O)C1[C@H](C(=O)O)COC1(C)C. The molecule has 0 bridgehead atoms. The molecule has 2 aromatic carbocycles. The summed E-state index contributed by atoms with van der Waals surface area (Å²) in [6.45, 7) is 5.29. The van der Waals surface area contributed by atoms with Gasteiger partial charge in [0, 0.05) is 11.8 Å². The number of carbonyl (C=O) groups is 3. The van der Waals surface area contributed by atoms with Gasteiger partial charge in [-0.2, -0.15) is 0 Å². The molecule has 1 heterocycles. The Morgan fingerprint density at radius 1 is 1.06 bits per heavy atom. The minimum absolute atomic E-state index is 0.00357. The highest BCUT2D eigenvalue weighted by molar-refractivity contribution is 5.91. The van der Waals surface area contributed by atoms with Crippen LogP contribution in [0.1, 0.15) is 44.2 Å². The van der Waals surface area contributed by atoms with Crippen LogP contribution in [0.5, 0.6) is 0 Å². The second-order valence-electron chi connectivity index (χ2n) is 9.25. The van der Waals surface area contributed by atoms with E-state index in [1.165, 1.54) is 0 Å². The van der Waals surface area contributed by atoms with Crippen LogP contribution in [0.4, 0.5) is 0 Å². The summed E-state index contributed by atoms with van der Waals surface area (Å²) in [5.74, 6) is -4.18. The zero-order valence-corrected chi connectivity index (χ0v) is 18.5. The Morgan fingerprint density at radius 2 is 1.62 bits per heavy atom. The fraction of sp³-hybridized carbons (Fsp3) is 0.423. The molecule has 32 heavy (non-hydrogen) atoms. The lowest BCUT2D eigenvalue weighted by Crippen LogP contribution is -2.41. The molecule has 168 valence electrons. The molecule has 1 aliphatic heterocycles. The number of Topliss-reactive ketones (excluding diaryl/α,β-unsaturated/α-hetero) is 1. The van der Waals surface area contributed by atoms with E-state index in [2.05, 4.69) is 12.1 Å². The van der Waals surface area contributed by atoms with Gasteiger partial charge in [-0.05, 0) is 36.1 Å². The van der Waals surface area contributed by atoms with Crippen molar-refractivity contribution in [3.63, 3.8) is 0 Å². The van der Waals surface area contributed by atoms with E-state index < -0.39 is 35.3 Å². The lowest BCUT2D eigenvalue weighted by molar-refractivity contribution is -0.149. The molecule has 2 aromatic rings. The van der Waals surface area contributed by atoms with Crippen molar-refractivity contribution < 1.29 is 29.0 Å². The Bertz CT molecular complexity index is 1010. The van der Waals surface area contributed by atoms with Gasteiger partial charge in [0.2, 0.25) is 0 Å². The fourth-order valence-corrected chi connectivity index (χ4v) is 5.06. The van der Waals surface area contributed by atoms with E-state index in [1.54, 1.807) is 20.8 Å². The number of ketones is 1. The largest absolute Gasteiger partial charge is 0.481 e. The summed E-state index contributed by atoms with van der Waals surface area (Å²) in [5.41, 5.74) is 3.67. The Hall–Kier alpha value is -2.99. The highest BCUT2D eigenvalue weighted by atomic mass is 16.5.